The summed E-state index contributed by atoms with van der Waals surface area (Å²) < 4.78 is 24.4. The molecule has 0 unspecified atom stereocenters. The third-order valence-electron chi connectivity index (χ3n) is 3.55. The molecule has 1 aromatic rings. The van der Waals surface area contributed by atoms with Gasteiger partial charge >= 0.3 is 0 Å². The first-order valence-electron chi connectivity index (χ1n) is 6.78. The molecule has 1 fully saturated rings. The van der Waals surface area contributed by atoms with E-state index in [0.717, 1.165) is 6.26 Å². The predicted molar refractivity (Wildman–Crippen MR) is 80.9 cm³/mol. The lowest BCUT2D eigenvalue weighted by Crippen LogP contribution is -2.43. The number of nitro benzene ring substituents is 1. The van der Waals surface area contributed by atoms with Crippen LogP contribution in [-0.4, -0.2) is 42.9 Å². The van der Waals surface area contributed by atoms with Gasteiger partial charge in [-0.25, -0.2) is 12.7 Å². The van der Waals surface area contributed by atoms with Crippen molar-refractivity contribution in [3.63, 3.8) is 0 Å². The topological polar surface area (TPSA) is 110 Å². The quantitative estimate of drug-likeness (QED) is 0.660. The third kappa shape index (κ3) is 4.01. The lowest BCUT2D eigenvalue weighted by Gasteiger charge is -2.30. The number of nitro groups is 1. The lowest BCUT2D eigenvalue weighted by atomic mass is 9.98. The maximum atomic E-state index is 12.2. The Morgan fingerprint density at radius 2 is 2.18 bits per heavy atom. The van der Waals surface area contributed by atoms with Crippen molar-refractivity contribution in [2.75, 3.05) is 24.7 Å². The maximum Gasteiger partial charge on any atom is 0.271 e. The number of carbonyl (C=O) groups is 1. The number of carbonyl (C=O) groups excluding carboxylic acids is 1. The predicted octanol–water partition coefficient (Wildman–Crippen LogP) is 1.20. The Balaban J connectivity index is 2.06. The summed E-state index contributed by atoms with van der Waals surface area (Å²) in [7, 11) is -3.32. The average molecular weight is 327 g/mol. The summed E-state index contributed by atoms with van der Waals surface area (Å²) in [5.74, 6) is -0.781. The van der Waals surface area contributed by atoms with Crippen molar-refractivity contribution in [2.24, 2.45) is 5.92 Å². The number of non-ortho nitro benzene ring substituents is 1. The van der Waals surface area contributed by atoms with E-state index in [1.165, 1.54) is 22.5 Å². The van der Waals surface area contributed by atoms with Gasteiger partial charge in [0.25, 0.3) is 5.69 Å². The van der Waals surface area contributed by atoms with Gasteiger partial charge in [-0.05, 0) is 18.9 Å². The number of hydrogen-bond donors (Lipinski definition) is 1. The first kappa shape index (κ1) is 16.4. The van der Waals surface area contributed by atoms with E-state index in [2.05, 4.69) is 5.32 Å². The van der Waals surface area contributed by atoms with Gasteiger partial charge in [0, 0.05) is 30.9 Å². The molecule has 0 aromatic heterocycles. The van der Waals surface area contributed by atoms with Gasteiger partial charge in [0.2, 0.25) is 15.9 Å². The molecule has 1 aromatic carbocycles. The van der Waals surface area contributed by atoms with Crippen LogP contribution >= 0.6 is 0 Å². The second-order valence-electron chi connectivity index (χ2n) is 5.26. The fourth-order valence-corrected chi connectivity index (χ4v) is 3.31. The van der Waals surface area contributed by atoms with Crippen molar-refractivity contribution >= 4 is 27.3 Å². The Hall–Kier alpha value is -2.00. The van der Waals surface area contributed by atoms with Crippen molar-refractivity contribution < 1.29 is 18.1 Å². The van der Waals surface area contributed by atoms with Crippen LogP contribution in [0.5, 0.6) is 0 Å². The number of piperidine rings is 1. The van der Waals surface area contributed by atoms with Crippen LogP contribution in [0.1, 0.15) is 12.8 Å². The Bertz CT molecular complexity index is 689. The Kier molecular flexibility index (Phi) is 4.77. The lowest BCUT2D eigenvalue weighted by molar-refractivity contribution is -0.384. The van der Waals surface area contributed by atoms with Gasteiger partial charge < -0.3 is 5.32 Å². The third-order valence-corrected chi connectivity index (χ3v) is 4.82. The summed E-state index contributed by atoms with van der Waals surface area (Å²) in [5, 5.41) is 13.3. The van der Waals surface area contributed by atoms with Crippen LogP contribution in [-0.2, 0) is 14.8 Å². The molecule has 1 saturated heterocycles. The minimum absolute atomic E-state index is 0.112. The largest absolute Gasteiger partial charge is 0.326 e. The molecule has 22 heavy (non-hydrogen) atoms. The van der Waals surface area contributed by atoms with E-state index in [4.69, 9.17) is 0 Å². The highest BCUT2D eigenvalue weighted by atomic mass is 32.2. The van der Waals surface area contributed by atoms with E-state index in [1.807, 2.05) is 0 Å². The zero-order valence-corrected chi connectivity index (χ0v) is 12.9. The van der Waals surface area contributed by atoms with Gasteiger partial charge in [0.15, 0.2) is 0 Å². The van der Waals surface area contributed by atoms with Crippen molar-refractivity contribution in [3.05, 3.63) is 34.4 Å². The van der Waals surface area contributed by atoms with Crippen LogP contribution in [0.2, 0.25) is 0 Å². The molecule has 1 N–H and O–H groups in total. The van der Waals surface area contributed by atoms with E-state index in [-0.39, 0.29) is 18.1 Å². The molecule has 1 amide bonds. The molecule has 2 rings (SSSR count). The number of hydrogen-bond acceptors (Lipinski definition) is 5. The average Bonchev–Trinajstić information content (AvgIpc) is 2.46. The molecule has 8 nitrogen and oxygen atoms in total. The van der Waals surface area contributed by atoms with Crippen LogP contribution in [0.25, 0.3) is 0 Å². The SMILES string of the molecule is CS(=O)(=O)N1CCC[C@@H](C(=O)Nc2cccc([N+](=O)[O-])c2)C1. The van der Waals surface area contributed by atoms with Crippen LogP contribution < -0.4 is 5.32 Å². The molecular formula is C13H17N3O5S. The highest BCUT2D eigenvalue weighted by Gasteiger charge is 2.30. The number of rotatable bonds is 4. The molecule has 120 valence electrons. The van der Waals surface area contributed by atoms with Crippen molar-refractivity contribution in [3.8, 4) is 0 Å². The minimum atomic E-state index is -3.32. The van der Waals surface area contributed by atoms with Crippen LogP contribution in [0.4, 0.5) is 11.4 Å². The number of nitrogens with one attached hydrogen (secondary N) is 1. The van der Waals surface area contributed by atoms with E-state index in [9.17, 15) is 23.3 Å². The number of benzene rings is 1. The van der Waals surface area contributed by atoms with Crippen molar-refractivity contribution in [2.45, 2.75) is 12.8 Å². The summed E-state index contributed by atoms with van der Waals surface area (Å²) in [6, 6.07) is 5.65. The standard InChI is InChI=1S/C13H17N3O5S/c1-22(20,21)15-7-3-4-10(9-15)13(17)14-11-5-2-6-12(8-11)16(18)19/h2,5-6,8,10H,3-4,7,9H2,1H3,(H,14,17)/t10-/m1/s1. The molecule has 0 bridgehead atoms. The van der Waals surface area contributed by atoms with Gasteiger partial charge in [-0.3, -0.25) is 14.9 Å². The zero-order valence-electron chi connectivity index (χ0n) is 12.1. The molecule has 1 heterocycles. The van der Waals surface area contributed by atoms with Gasteiger partial charge in [-0.1, -0.05) is 6.07 Å². The summed E-state index contributed by atoms with van der Waals surface area (Å²) >= 11 is 0. The molecular weight excluding hydrogens is 310 g/mol. The Morgan fingerprint density at radius 1 is 1.45 bits per heavy atom. The summed E-state index contributed by atoms with van der Waals surface area (Å²) in [6.07, 6.45) is 2.32. The van der Waals surface area contributed by atoms with Gasteiger partial charge in [-0.2, -0.15) is 0 Å². The first-order valence-corrected chi connectivity index (χ1v) is 8.62. The summed E-state index contributed by atoms with van der Waals surface area (Å²) in [6.45, 7) is 0.555. The van der Waals surface area contributed by atoms with Gasteiger partial charge in [0.05, 0.1) is 17.1 Å². The minimum Gasteiger partial charge on any atom is -0.326 e. The summed E-state index contributed by atoms with van der Waals surface area (Å²) in [5.41, 5.74) is 0.217. The smallest absolute Gasteiger partial charge is 0.271 e. The van der Waals surface area contributed by atoms with E-state index >= 15 is 0 Å². The number of sulfonamides is 1. The van der Waals surface area contributed by atoms with Gasteiger partial charge in [-0.15, -0.1) is 0 Å². The highest BCUT2D eigenvalue weighted by Crippen LogP contribution is 2.22. The molecule has 9 heteroatoms. The second-order valence-corrected chi connectivity index (χ2v) is 7.24. The fourth-order valence-electron chi connectivity index (χ4n) is 2.40. The number of nitrogens with zero attached hydrogens (tertiary/aromatic N) is 2. The molecule has 1 aliphatic rings. The van der Waals surface area contributed by atoms with E-state index in [0.29, 0.717) is 25.1 Å². The normalized spacial score (nSPS) is 19.6. The molecule has 0 spiro atoms. The molecule has 1 atom stereocenters. The first-order chi connectivity index (χ1) is 10.3. The molecule has 0 radical (unpaired) electrons. The zero-order chi connectivity index (χ0) is 16.3. The van der Waals surface area contributed by atoms with E-state index < -0.39 is 20.9 Å². The molecule has 0 saturated carbocycles. The maximum absolute atomic E-state index is 12.2. The van der Waals surface area contributed by atoms with Crippen LogP contribution in [0.3, 0.4) is 0 Å². The van der Waals surface area contributed by atoms with Crippen molar-refractivity contribution in [1.29, 1.82) is 0 Å². The number of amides is 1. The molecule has 1 aliphatic heterocycles. The monoisotopic (exact) mass is 327 g/mol. The Labute approximate surface area is 128 Å². The second kappa shape index (κ2) is 6.41. The Morgan fingerprint density at radius 3 is 2.82 bits per heavy atom. The highest BCUT2D eigenvalue weighted by molar-refractivity contribution is 7.88. The van der Waals surface area contributed by atoms with Crippen molar-refractivity contribution in [1.82, 2.24) is 4.31 Å². The molecule has 0 aliphatic carbocycles. The fraction of sp³-hybridized carbons (Fsp3) is 0.462. The van der Waals surface area contributed by atoms with Crippen LogP contribution in [0, 0.1) is 16.0 Å². The van der Waals surface area contributed by atoms with Gasteiger partial charge in [0.1, 0.15) is 0 Å². The number of anilines is 1. The summed E-state index contributed by atoms with van der Waals surface area (Å²) in [4.78, 5) is 22.4. The van der Waals surface area contributed by atoms with Crippen LogP contribution in [0.15, 0.2) is 24.3 Å². The van der Waals surface area contributed by atoms with E-state index in [1.54, 1.807) is 6.07 Å².